The molecular formula is C23H26N4. The molecule has 0 bridgehead atoms. The molecule has 1 N–H and O–H groups in total. The van der Waals surface area contributed by atoms with Crippen molar-refractivity contribution in [3.63, 3.8) is 0 Å². The lowest BCUT2D eigenvalue weighted by atomic mass is 9.86. The molecule has 0 aliphatic carbocycles. The predicted molar refractivity (Wildman–Crippen MR) is 112 cm³/mol. The monoisotopic (exact) mass is 358 g/mol. The minimum Gasteiger partial charge on any atom is -0.324 e. The second-order valence-electron chi connectivity index (χ2n) is 8.21. The summed E-state index contributed by atoms with van der Waals surface area (Å²) >= 11 is 0. The van der Waals surface area contributed by atoms with E-state index in [1.54, 1.807) is 0 Å². The van der Waals surface area contributed by atoms with Crippen LogP contribution < -0.4 is 10.2 Å². The number of fused-ring (bicyclic) bond motifs is 1. The van der Waals surface area contributed by atoms with Crippen LogP contribution in [0.15, 0.2) is 60.8 Å². The van der Waals surface area contributed by atoms with Crippen LogP contribution in [0.25, 0.3) is 0 Å². The first-order valence-electron chi connectivity index (χ1n) is 9.50. The fourth-order valence-electron chi connectivity index (χ4n) is 3.82. The van der Waals surface area contributed by atoms with E-state index in [-0.39, 0.29) is 5.41 Å². The Morgan fingerprint density at radius 2 is 1.74 bits per heavy atom. The van der Waals surface area contributed by atoms with Gasteiger partial charge in [0.05, 0.1) is 0 Å². The van der Waals surface area contributed by atoms with Crippen LogP contribution >= 0.6 is 0 Å². The minimum absolute atomic E-state index is 0.0452. The first kappa shape index (κ1) is 17.5. The molecule has 0 radical (unpaired) electrons. The van der Waals surface area contributed by atoms with Gasteiger partial charge in [0.25, 0.3) is 0 Å². The summed E-state index contributed by atoms with van der Waals surface area (Å²) in [5.41, 5.74) is 4.96. The molecule has 0 saturated carbocycles. The van der Waals surface area contributed by atoms with Gasteiger partial charge in [-0.2, -0.15) is 4.98 Å². The quantitative estimate of drug-likeness (QED) is 0.661. The second-order valence-corrected chi connectivity index (χ2v) is 8.21. The lowest BCUT2D eigenvalue weighted by Gasteiger charge is -2.25. The summed E-state index contributed by atoms with van der Waals surface area (Å²) in [4.78, 5) is 11.6. The van der Waals surface area contributed by atoms with Gasteiger partial charge in [0.15, 0.2) is 0 Å². The molecule has 27 heavy (non-hydrogen) atoms. The largest absolute Gasteiger partial charge is 0.324 e. The molecular weight excluding hydrogens is 332 g/mol. The molecule has 3 aromatic rings. The summed E-state index contributed by atoms with van der Waals surface area (Å²) in [6.07, 6.45) is 2.87. The van der Waals surface area contributed by atoms with Gasteiger partial charge in [-0.15, -0.1) is 0 Å². The van der Waals surface area contributed by atoms with E-state index in [9.17, 15) is 0 Å². The minimum atomic E-state index is 0.0452. The molecule has 2 aromatic carbocycles. The lowest BCUT2D eigenvalue weighted by molar-refractivity contribution is 0.592. The highest BCUT2D eigenvalue weighted by atomic mass is 15.3. The Balaban J connectivity index is 1.67. The van der Waals surface area contributed by atoms with Crippen molar-refractivity contribution in [2.24, 2.45) is 0 Å². The molecule has 0 amide bonds. The van der Waals surface area contributed by atoms with Crippen molar-refractivity contribution in [3.8, 4) is 0 Å². The molecule has 1 unspecified atom stereocenters. The van der Waals surface area contributed by atoms with Gasteiger partial charge in [0.2, 0.25) is 5.95 Å². The molecule has 1 aromatic heterocycles. The number of hydrogen-bond acceptors (Lipinski definition) is 4. The maximum atomic E-state index is 4.83. The topological polar surface area (TPSA) is 41.1 Å². The molecule has 1 aliphatic rings. The van der Waals surface area contributed by atoms with Crippen LogP contribution in [0.4, 0.5) is 23.1 Å². The van der Waals surface area contributed by atoms with Gasteiger partial charge in [-0.25, -0.2) is 4.98 Å². The lowest BCUT2D eigenvalue weighted by Crippen LogP contribution is -2.25. The number of para-hydroxylation sites is 2. The van der Waals surface area contributed by atoms with Gasteiger partial charge in [0.1, 0.15) is 5.82 Å². The SMILES string of the molecule is CC1Cc2ccccc2N1c1ccnc(Nc2ccccc2C(C)(C)C)n1. The molecule has 138 valence electrons. The van der Waals surface area contributed by atoms with Crippen LogP contribution in [0.2, 0.25) is 0 Å². The number of nitrogens with one attached hydrogen (secondary N) is 1. The smallest absolute Gasteiger partial charge is 0.229 e. The summed E-state index contributed by atoms with van der Waals surface area (Å²) < 4.78 is 0. The van der Waals surface area contributed by atoms with E-state index in [2.05, 4.69) is 85.4 Å². The van der Waals surface area contributed by atoms with Crippen LogP contribution in [-0.4, -0.2) is 16.0 Å². The molecule has 4 heteroatoms. The zero-order chi connectivity index (χ0) is 19.0. The first-order valence-corrected chi connectivity index (χ1v) is 9.50. The Kier molecular flexibility index (Phi) is 4.34. The summed E-state index contributed by atoms with van der Waals surface area (Å²) in [6.45, 7) is 8.89. The fraction of sp³-hybridized carbons (Fsp3) is 0.304. The number of rotatable bonds is 3. The highest BCUT2D eigenvalue weighted by Gasteiger charge is 2.28. The molecule has 2 heterocycles. The summed E-state index contributed by atoms with van der Waals surface area (Å²) in [5.74, 6) is 1.55. The van der Waals surface area contributed by atoms with Gasteiger partial charge in [0, 0.05) is 23.6 Å². The van der Waals surface area contributed by atoms with Crippen molar-refractivity contribution >= 4 is 23.1 Å². The third-order valence-corrected chi connectivity index (χ3v) is 5.08. The molecule has 0 saturated heterocycles. The Bertz CT molecular complexity index is 958. The van der Waals surface area contributed by atoms with E-state index in [1.807, 2.05) is 18.3 Å². The van der Waals surface area contributed by atoms with Crippen molar-refractivity contribution in [3.05, 3.63) is 71.9 Å². The van der Waals surface area contributed by atoms with Crippen molar-refractivity contribution in [2.75, 3.05) is 10.2 Å². The van der Waals surface area contributed by atoms with Crippen LogP contribution in [0.5, 0.6) is 0 Å². The van der Waals surface area contributed by atoms with Crippen LogP contribution in [0.3, 0.4) is 0 Å². The van der Waals surface area contributed by atoms with Crippen LogP contribution in [0.1, 0.15) is 38.8 Å². The van der Waals surface area contributed by atoms with E-state index in [0.29, 0.717) is 12.0 Å². The average molecular weight is 358 g/mol. The molecule has 4 rings (SSSR count). The fourth-order valence-corrected chi connectivity index (χ4v) is 3.82. The maximum absolute atomic E-state index is 4.83. The number of aromatic nitrogens is 2. The summed E-state index contributed by atoms with van der Waals surface area (Å²) in [6, 6.07) is 19.3. The zero-order valence-corrected chi connectivity index (χ0v) is 16.4. The van der Waals surface area contributed by atoms with E-state index in [4.69, 9.17) is 4.98 Å². The zero-order valence-electron chi connectivity index (χ0n) is 16.4. The number of nitrogens with zero attached hydrogens (tertiary/aromatic N) is 3. The van der Waals surface area contributed by atoms with Gasteiger partial charge < -0.3 is 10.2 Å². The van der Waals surface area contributed by atoms with Gasteiger partial charge >= 0.3 is 0 Å². The number of benzene rings is 2. The Hall–Kier alpha value is -2.88. The van der Waals surface area contributed by atoms with Crippen molar-refractivity contribution in [1.29, 1.82) is 0 Å². The normalized spacial score (nSPS) is 16.3. The van der Waals surface area contributed by atoms with Gasteiger partial charge in [-0.1, -0.05) is 57.2 Å². The van der Waals surface area contributed by atoms with Gasteiger partial charge in [-0.3, -0.25) is 0 Å². The third-order valence-electron chi connectivity index (χ3n) is 5.08. The van der Waals surface area contributed by atoms with Crippen molar-refractivity contribution in [2.45, 2.75) is 45.6 Å². The Morgan fingerprint density at radius 3 is 2.56 bits per heavy atom. The number of hydrogen-bond donors (Lipinski definition) is 1. The van der Waals surface area contributed by atoms with E-state index >= 15 is 0 Å². The molecule has 1 aliphatic heterocycles. The van der Waals surface area contributed by atoms with E-state index in [1.165, 1.54) is 16.8 Å². The summed E-state index contributed by atoms with van der Waals surface area (Å²) in [5, 5.41) is 3.43. The van der Waals surface area contributed by atoms with Crippen LogP contribution in [0, 0.1) is 0 Å². The summed E-state index contributed by atoms with van der Waals surface area (Å²) in [7, 11) is 0. The average Bonchev–Trinajstić information content (AvgIpc) is 2.97. The Labute approximate surface area is 161 Å². The highest BCUT2D eigenvalue weighted by Crippen LogP contribution is 2.37. The predicted octanol–water partition coefficient (Wildman–Crippen LogP) is 5.60. The molecule has 1 atom stereocenters. The van der Waals surface area contributed by atoms with Crippen LogP contribution in [-0.2, 0) is 11.8 Å². The van der Waals surface area contributed by atoms with E-state index in [0.717, 1.165) is 17.9 Å². The Morgan fingerprint density at radius 1 is 1.00 bits per heavy atom. The van der Waals surface area contributed by atoms with Gasteiger partial charge in [-0.05, 0) is 48.1 Å². The maximum Gasteiger partial charge on any atom is 0.229 e. The number of anilines is 4. The third kappa shape index (κ3) is 3.39. The van der Waals surface area contributed by atoms with Crippen molar-refractivity contribution in [1.82, 2.24) is 9.97 Å². The standard InChI is InChI=1S/C23H26N4/c1-16-15-17-9-5-8-12-20(17)27(16)21-13-14-24-22(26-21)25-19-11-7-6-10-18(19)23(2,3)4/h5-14,16H,15H2,1-4H3,(H,24,25,26). The van der Waals surface area contributed by atoms with Crippen molar-refractivity contribution < 1.29 is 0 Å². The molecule has 0 spiro atoms. The second kappa shape index (κ2) is 6.69. The van der Waals surface area contributed by atoms with E-state index < -0.39 is 0 Å². The first-order chi connectivity index (χ1) is 12.9. The highest BCUT2D eigenvalue weighted by molar-refractivity contribution is 5.70. The molecule has 0 fully saturated rings. The molecule has 4 nitrogen and oxygen atoms in total.